The summed E-state index contributed by atoms with van der Waals surface area (Å²) in [7, 11) is 0. The normalized spacial score (nSPS) is 34.3. The van der Waals surface area contributed by atoms with E-state index < -0.39 is 0 Å². The second-order valence-corrected chi connectivity index (χ2v) is 5.88. The van der Waals surface area contributed by atoms with Gasteiger partial charge in [-0.25, -0.2) is 0 Å². The molecule has 1 saturated carbocycles. The number of hydrogen-bond donors (Lipinski definition) is 0. The number of carbonyl (C=O) groups excluding carboxylic acids is 1. The van der Waals surface area contributed by atoms with Gasteiger partial charge in [-0.3, -0.25) is 4.79 Å². The van der Waals surface area contributed by atoms with Gasteiger partial charge >= 0.3 is 0 Å². The van der Waals surface area contributed by atoms with Gasteiger partial charge in [0.1, 0.15) is 0 Å². The van der Waals surface area contributed by atoms with Gasteiger partial charge in [0.15, 0.2) is 5.78 Å². The lowest BCUT2D eigenvalue weighted by atomic mass is 9.59. The van der Waals surface area contributed by atoms with E-state index in [0.29, 0.717) is 6.42 Å². The minimum absolute atomic E-state index is 0.113. The molecule has 0 amide bonds. The zero-order valence-corrected chi connectivity index (χ0v) is 9.97. The molecule has 0 bridgehead atoms. The molecule has 1 heteroatoms. The Kier molecular flexibility index (Phi) is 2.37. The molecule has 2 aliphatic carbocycles. The molecule has 0 aromatic carbocycles. The van der Waals surface area contributed by atoms with Crippen molar-refractivity contribution in [3.05, 3.63) is 23.8 Å². The van der Waals surface area contributed by atoms with Crippen LogP contribution in [0.2, 0.25) is 0 Å². The average molecular weight is 204 g/mol. The molecule has 1 nitrogen and oxygen atoms in total. The van der Waals surface area contributed by atoms with Gasteiger partial charge in [-0.15, -0.1) is 0 Å². The fourth-order valence-electron chi connectivity index (χ4n) is 3.31. The maximum absolute atomic E-state index is 11.6. The molecule has 0 radical (unpaired) electrons. The first kappa shape index (κ1) is 10.7. The lowest BCUT2D eigenvalue weighted by Gasteiger charge is -2.45. The van der Waals surface area contributed by atoms with Crippen molar-refractivity contribution in [3.8, 4) is 0 Å². The van der Waals surface area contributed by atoms with Crippen molar-refractivity contribution in [2.75, 3.05) is 0 Å². The van der Waals surface area contributed by atoms with Gasteiger partial charge in [-0.05, 0) is 29.7 Å². The fraction of sp³-hybridized carbons (Fsp3) is 0.643. The molecule has 0 aromatic heterocycles. The van der Waals surface area contributed by atoms with E-state index in [0.717, 1.165) is 6.42 Å². The van der Waals surface area contributed by atoms with Crippen LogP contribution in [0.3, 0.4) is 0 Å². The van der Waals surface area contributed by atoms with Crippen molar-refractivity contribution in [1.29, 1.82) is 0 Å². The first-order chi connectivity index (χ1) is 6.94. The molecular formula is C14H20O. The molecule has 0 heterocycles. The predicted octanol–water partition coefficient (Wildman–Crippen LogP) is 3.66. The lowest BCUT2D eigenvalue weighted by Crippen LogP contribution is -2.35. The van der Waals surface area contributed by atoms with Crippen LogP contribution in [0, 0.1) is 10.8 Å². The van der Waals surface area contributed by atoms with Gasteiger partial charge in [0.2, 0.25) is 0 Å². The standard InChI is InChI=1S/C14H20O/c1-13(2)8-5-9-14(3)10-11(15)6-4-7-12(13)14/h4,6-7H,5,8-10H2,1-3H3/t14-/m0/s1. The summed E-state index contributed by atoms with van der Waals surface area (Å²) in [5.41, 5.74) is 1.85. The molecule has 0 unspecified atom stereocenters. The van der Waals surface area contributed by atoms with E-state index >= 15 is 0 Å². The molecular weight excluding hydrogens is 184 g/mol. The molecule has 0 aromatic rings. The second kappa shape index (κ2) is 3.33. The van der Waals surface area contributed by atoms with E-state index in [1.165, 1.54) is 18.4 Å². The predicted molar refractivity (Wildman–Crippen MR) is 62.6 cm³/mol. The summed E-state index contributed by atoms with van der Waals surface area (Å²) in [6.45, 7) is 6.87. The summed E-state index contributed by atoms with van der Waals surface area (Å²) >= 11 is 0. The first-order valence-electron chi connectivity index (χ1n) is 5.86. The van der Waals surface area contributed by atoms with E-state index in [1.54, 1.807) is 6.08 Å². The minimum atomic E-state index is 0.113. The van der Waals surface area contributed by atoms with E-state index in [1.807, 2.05) is 6.08 Å². The molecule has 0 N–H and O–H groups in total. The summed E-state index contributed by atoms with van der Waals surface area (Å²) in [4.78, 5) is 11.6. The molecule has 0 spiro atoms. The number of hydrogen-bond acceptors (Lipinski definition) is 1. The first-order valence-corrected chi connectivity index (χ1v) is 5.86. The topological polar surface area (TPSA) is 17.1 Å². The largest absolute Gasteiger partial charge is 0.295 e. The Hall–Kier alpha value is -0.850. The van der Waals surface area contributed by atoms with E-state index in [4.69, 9.17) is 0 Å². The summed E-state index contributed by atoms with van der Waals surface area (Å²) < 4.78 is 0. The number of allylic oxidation sites excluding steroid dienone is 4. The molecule has 0 aliphatic heterocycles. The monoisotopic (exact) mass is 204 g/mol. The SMILES string of the molecule is CC1(C)CCC[C@@]2(C)CC(=O)C=CC=C12. The smallest absolute Gasteiger partial charge is 0.156 e. The number of carbonyl (C=O) groups is 1. The maximum atomic E-state index is 11.6. The Balaban J connectivity index is 2.43. The van der Waals surface area contributed by atoms with Crippen LogP contribution in [-0.4, -0.2) is 5.78 Å². The van der Waals surface area contributed by atoms with Crippen LogP contribution in [0.25, 0.3) is 0 Å². The fourth-order valence-corrected chi connectivity index (χ4v) is 3.31. The van der Waals surface area contributed by atoms with Crippen LogP contribution in [-0.2, 0) is 4.79 Å². The molecule has 2 aliphatic rings. The van der Waals surface area contributed by atoms with Gasteiger partial charge in [0.05, 0.1) is 0 Å². The molecule has 1 fully saturated rings. The summed E-state index contributed by atoms with van der Waals surface area (Å²) in [6.07, 6.45) is 10.2. The van der Waals surface area contributed by atoms with Gasteiger partial charge in [0, 0.05) is 6.42 Å². The number of fused-ring (bicyclic) bond motifs is 1. The number of ketones is 1. The lowest BCUT2D eigenvalue weighted by molar-refractivity contribution is -0.116. The molecule has 2 rings (SSSR count). The minimum Gasteiger partial charge on any atom is -0.295 e. The van der Waals surface area contributed by atoms with Crippen molar-refractivity contribution in [2.45, 2.75) is 46.5 Å². The van der Waals surface area contributed by atoms with Crippen LogP contribution in [0.5, 0.6) is 0 Å². The second-order valence-electron chi connectivity index (χ2n) is 5.88. The van der Waals surface area contributed by atoms with Crippen LogP contribution in [0.1, 0.15) is 46.5 Å². The summed E-state index contributed by atoms with van der Waals surface area (Å²) in [5.74, 6) is 0.279. The highest BCUT2D eigenvalue weighted by Gasteiger charge is 2.42. The van der Waals surface area contributed by atoms with Crippen molar-refractivity contribution in [3.63, 3.8) is 0 Å². The van der Waals surface area contributed by atoms with Crippen LogP contribution < -0.4 is 0 Å². The highest BCUT2D eigenvalue weighted by atomic mass is 16.1. The molecule has 82 valence electrons. The Morgan fingerprint density at radius 1 is 1.20 bits per heavy atom. The molecule has 1 atom stereocenters. The van der Waals surface area contributed by atoms with Gasteiger partial charge in [-0.1, -0.05) is 44.9 Å². The highest BCUT2D eigenvalue weighted by molar-refractivity contribution is 5.91. The Morgan fingerprint density at radius 3 is 2.67 bits per heavy atom. The summed E-state index contributed by atoms with van der Waals surface area (Å²) in [6, 6.07) is 0. The van der Waals surface area contributed by atoms with Gasteiger partial charge in [0.25, 0.3) is 0 Å². The van der Waals surface area contributed by atoms with E-state index in [9.17, 15) is 4.79 Å². The third kappa shape index (κ3) is 1.80. The Labute approximate surface area is 92.3 Å². The van der Waals surface area contributed by atoms with Crippen molar-refractivity contribution >= 4 is 5.78 Å². The molecule has 0 saturated heterocycles. The van der Waals surface area contributed by atoms with E-state index in [2.05, 4.69) is 26.8 Å². The molecule has 15 heavy (non-hydrogen) atoms. The average Bonchev–Trinajstić information content (AvgIpc) is 2.23. The Morgan fingerprint density at radius 2 is 1.93 bits per heavy atom. The van der Waals surface area contributed by atoms with Crippen LogP contribution in [0.15, 0.2) is 23.8 Å². The van der Waals surface area contributed by atoms with E-state index in [-0.39, 0.29) is 16.6 Å². The summed E-state index contributed by atoms with van der Waals surface area (Å²) in [5, 5.41) is 0. The van der Waals surface area contributed by atoms with Crippen molar-refractivity contribution in [2.24, 2.45) is 10.8 Å². The van der Waals surface area contributed by atoms with Gasteiger partial charge < -0.3 is 0 Å². The number of rotatable bonds is 0. The zero-order chi connectivity index (χ0) is 11.1. The van der Waals surface area contributed by atoms with Crippen LogP contribution in [0.4, 0.5) is 0 Å². The highest BCUT2D eigenvalue weighted by Crippen LogP contribution is 2.53. The van der Waals surface area contributed by atoms with Crippen LogP contribution >= 0.6 is 0 Å². The third-order valence-corrected chi connectivity index (χ3v) is 4.02. The van der Waals surface area contributed by atoms with Gasteiger partial charge in [-0.2, -0.15) is 0 Å². The zero-order valence-electron chi connectivity index (χ0n) is 9.97. The maximum Gasteiger partial charge on any atom is 0.156 e. The quantitative estimate of drug-likeness (QED) is 0.588. The third-order valence-electron chi connectivity index (χ3n) is 4.02. The van der Waals surface area contributed by atoms with Crippen molar-refractivity contribution < 1.29 is 4.79 Å². The Bertz CT molecular complexity index is 346. The van der Waals surface area contributed by atoms with Crippen molar-refractivity contribution in [1.82, 2.24) is 0 Å².